The number of carbonyl (C=O) groups excluding carboxylic acids is 1. The molecule has 2 fully saturated rings. The predicted molar refractivity (Wildman–Crippen MR) is 141 cm³/mol. The summed E-state index contributed by atoms with van der Waals surface area (Å²) in [5.74, 6) is 3.89. The second kappa shape index (κ2) is 10.9. The Morgan fingerprint density at radius 1 is 1.12 bits per heavy atom. The van der Waals surface area contributed by atoms with Crippen molar-refractivity contribution in [1.29, 1.82) is 0 Å². The number of benzene rings is 2. The van der Waals surface area contributed by atoms with E-state index in [4.69, 9.17) is 4.74 Å². The quantitative estimate of drug-likeness (QED) is 0.308. The van der Waals surface area contributed by atoms with Crippen molar-refractivity contribution >= 4 is 5.78 Å². The normalized spacial score (nSPS) is 29.2. The maximum Gasteiger partial charge on any atom is 0.139 e. The lowest BCUT2D eigenvalue weighted by molar-refractivity contribution is -0.129. The Labute approximate surface area is 206 Å². The Hall–Kier alpha value is -2.35. The lowest BCUT2D eigenvalue weighted by Gasteiger charge is -2.50. The summed E-state index contributed by atoms with van der Waals surface area (Å²) in [5, 5.41) is 0. The van der Waals surface area contributed by atoms with Crippen LogP contribution in [0.4, 0.5) is 0 Å². The molecule has 0 amide bonds. The van der Waals surface area contributed by atoms with Crippen LogP contribution < -0.4 is 4.74 Å². The lowest BCUT2D eigenvalue weighted by Crippen LogP contribution is -2.44. The minimum absolute atomic E-state index is 0.0871. The smallest absolute Gasteiger partial charge is 0.139 e. The van der Waals surface area contributed by atoms with Gasteiger partial charge in [0.2, 0.25) is 0 Å². The van der Waals surface area contributed by atoms with Crippen LogP contribution in [0.3, 0.4) is 0 Å². The van der Waals surface area contributed by atoms with Gasteiger partial charge >= 0.3 is 0 Å². The lowest BCUT2D eigenvalue weighted by atomic mass is 9.54. The first-order valence-electron chi connectivity index (χ1n) is 13.5. The Balaban J connectivity index is 0.00000133. The fourth-order valence-corrected chi connectivity index (χ4v) is 7.24. The summed E-state index contributed by atoms with van der Waals surface area (Å²) < 4.78 is 6.11. The minimum Gasteiger partial charge on any atom is -0.489 e. The molecule has 5 rings (SSSR count). The van der Waals surface area contributed by atoms with Gasteiger partial charge in [0.1, 0.15) is 18.1 Å². The average molecular weight is 459 g/mol. The third-order valence-corrected chi connectivity index (χ3v) is 8.77. The maximum atomic E-state index is 13.1. The molecule has 0 saturated heterocycles. The number of allylic oxidation sites excluding steroid dienone is 1. The molecule has 0 aromatic heterocycles. The molecule has 2 saturated carbocycles. The number of hydrogen-bond acceptors (Lipinski definition) is 2. The molecule has 3 aliphatic rings. The number of hydrogen-bond donors (Lipinski definition) is 0. The van der Waals surface area contributed by atoms with Gasteiger partial charge in [-0.25, -0.2) is 0 Å². The molecule has 2 aromatic rings. The van der Waals surface area contributed by atoms with Gasteiger partial charge < -0.3 is 4.74 Å². The summed E-state index contributed by atoms with van der Waals surface area (Å²) in [6.07, 6.45) is 10.8. The van der Waals surface area contributed by atoms with Crippen LogP contribution >= 0.6 is 0 Å². The van der Waals surface area contributed by atoms with Gasteiger partial charge in [-0.15, -0.1) is 6.58 Å². The fraction of sp³-hybridized carbons (Fsp3) is 0.531. The van der Waals surface area contributed by atoms with E-state index in [1.165, 1.54) is 36.0 Å². The van der Waals surface area contributed by atoms with Crippen LogP contribution in [0.5, 0.6) is 5.75 Å². The van der Waals surface area contributed by atoms with E-state index in [-0.39, 0.29) is 5.41 Å². The van der Waals surface area contributed by atoms with Gasteiger partial charge in [0, 0.05) is 11.8 Å². The molecule has 182 valence electrons. The summed E-state index contributed by atoms with van der Waals surface area (Å²) in [6, 6.07) is 17.1. The molecule has 34 heavy (non-hydrogen) atoms. The molecule has 0 radical (unpaired) electrons. The highest BCUT2D eigenvalue weighted by Crippen LogP contribution is 2.62. The van der Waals surface area contributed by atoms with Gasteiger partial charge in [-0.1, -0.05) is 63.2 Å². The second-order valence-electron chi connectivity index (χ2n) is 10.5. The Morgan fingerprint density at radius 3 is 2.68 bits per heavy atom. The first kappa shape index (κ1) is 24.8. The SMILES string of the molecule is C=CCCCC1CC(=O)C2(C)CCC3c4ccc(OCc5ccccc5)cc4CCC3C12.CC. The molecule has 0 aliphatic heterocycles. The van der Waals surface area contributed by atoms with Gasteiger partial charge in [-0.05, 0) is 97.4 Å². The number of rotatable bonds is 7. The highest BCUT2D eigenvalue weighted by molar-refractivity contribution is 5.87. The van der Waals surface area contributed by atoms with Crippen molar-refractivity contribution in [3.8, 4) is 5.75 Å². The minimum atomic E-state index is -0.0871. The van der Waals surface area contributed by atoms with Gasteiger partial charge in [-0.2, -0.15) is 0 Å². The summed E-state index contributed by atoms with van der Waals surface area (Å²) in [7, 11) is 0. The topological polar surface area (TPSA) is 26.3 Å². The molecule has 0 N–H and O–H groups in total. The van der Waals surface area contributed by atoms with Gasteiger partial charge in [-0.3, -0.25) is 4.79 Å². The van der Waals surface area contributed by atoms with Crippen molar-refractivity contribution in [2.24, 2.45) is 23.2 Å². The van der Waals surface area contributed by atoms with Crippen LogP contribution in [0.2, 0.25) is 0 Å². The number of Topliss-reactive ketones (excluding diaryl/α,β-unsaturated/α-hetero) is 1. The number of fused-ring (bicyclic) bond motifs is 5. The Morgan fingerprint density at radius 2 is 1.91 bits per heavy atom. The zero-order valence-electron chi connectivity index (χ0n) is 21.4. The summed E-state index contributed by atoms with van der Waals surface area (Å²) in [4.78, 5) is 13.1. The Kier molecular flexibility index (Phi) is 7.96. The number of unbranched alkanes of at least 4 members (excludes halogenated alkanes) is 1. The van der Waals surface area contributed by atoms with Crippen LogP contribution in [0.1, 0.15) is 88.3 Å². The van der Waals surface area contributed by atoms with E-state index in [1.54, 1.807) is 0 Å². The van der Waals surface area contributed by atoms with E-state index in [9.17, 15) is 4.79 Å². The van der Waals surface area contributed by atoms with Crippen molar-refractivity contribution in [1.82, 2.24) is 0 Å². The molecule has 2 aromatic carbocycles. The second-order valence-corrected chi connectivity index (χ2v) is 10.5. The van der Waals surface area contributed by atoms with Gasteiger partial charge in [0.25, 0.3) is 0 Å². The zero-order chi connectivity index (χ0) is 24.1. The van der Waals surface area contributed by atoms with Crippen LogP contribution in [0, 0.1) is 23.2 Å². The molecule has 0 spiro atoms. The molecule has 0 heterocycles. The number of carbonyl (C=O) groups is 1. The van der Waals surface area contributed by atoms with Gasteiger partial charge in [0.05, 0.1) is 0 Å². The molecule has 2 heteroatoms. The first-order valence-corrected chi connectivity index (χ1v) is 13.5. The van der Waals surface area contributed by atoms with Crippen molar-refractivity contribution in [2.75, 3.05) is 0 Å². The zero-order valence-corrected chi connectivity index (χ0v) is 21.4. The Bertz CT molecular complexity index is 978. The standard InChI is InChI=1S/C30H36O2.C2H6/c1-3-4-6-11-23-19-28(31)30(2)17-16-26-25-15-13-24(32-20-21-9-7-5-8-10-21)18-22(25)12-14-27(26)29(23)30;1-2/h3,5,7-10,13,15,18,23,26-27,29H,1,4,6,11-12,14,16-17,19-20H2,2H3;1-2H3. The third-order valence-electron chi connectivity index (χ3n) is 8.77. The van der Waals surface area contributed by atoms with Crippen LogP contribution in [-0.4, -0.2) is 5.78 Å². The predicted octanol–water partition coefficient (Wildman–Crippen LogP) is 8.30. The van der Waals surface area contributed by atoms with Crippen LogP contribution in [-0.2, 0) is 17.8 Å². The van der Waals surface area contributed by atoms with Crippen LogP contribution in [0.15, 0.2) is 61.2 Å². The summed E-state index contributed by atoms with van der Waals surface area (Å²) >= 11 is 0. The highest BCUT2D eigenvalue weighted by atomic mass is 16.5. The largest absolute Gasteiger partial charge is 0.489 e. The van der Waals surface area contributed by atoms with Crippen LogP contribution in [0.25, 0.3) is 0 Å². The molecule has 2 nitrogen and oxygen atoms in total. The number of ether oxygens (including phenoxy) is 1. The molecule has 0 bridgehead atoms. The van der Waals surface area contributed by atoms with E-state index in [1.807, 2.05) is 26.0 Å². The third kappa shape index (κ3) is 4.74. The van der Waals surface area contributed by atoms with Crippen molar-refractivity contribution in [3.63, 3.8) is 0 Å². The van der Waals surface area contributed by atoms with Crippen molar-refractivity contribution < 1.29 is 9.53 Å². The molecular weight excluding hydrogens is 416 g/mol. The van der Waals surface area contributed by atoms with Gasteiger partial charge in [0.15, 0.2) is 0 Å². The van der Waals surface area contributed by atoms with Crippen molar-refractivity contribution in [2.45, 2.75) is 84.7 Å². The number of aryl methyl sites for hydroxylation is 1. The van der Waals surface area contributed by atoms with E-state index in [0.717, 1.165) is 37.9 Å². The van der Waals surface area contributed by atoms with E-state index in [0.29, 0.717) is 36.1 Å². The number of ketones is 1. The molecule has 3 aliphatic carbocycles. The molecule has 5 unspecified atom stereocenters. The molecule has 5 atom stereocenters. The average Bonchev–Trinajstić information content (AvgIpc) is 3.14. The first-order chi connectivity index (χ1) is 16.6. The van der Waals surface area contributed by atoms with E-state index < -0.39 is 0 Å². The summed E-state index contributed by atoms with van der Waals surface area (Å²) in [6.45, 7) is 10.8. The fourth-order valence-electron chi connectivity index (χ4n) is 7.24. The van der Waals surface area contributed by atoms with Crippen molar-refractivity contribution in [3.05, 3.63) is 77.9 Å². The maximum absolute atomic E-state index is 13.1. The van der Waals surface area contributed by atoms with E-state index >= 15 is 0 Å². The summed E-state index contributed by atoms with van der Waals surface area (Å²) in [5.41, 5.74) is 4.11. The van der Waals surface area contributed by atoms with E-state index in [2.05, 4.69) is 56.0 Å². The highest BCUT2D eigenvalue weighted by Gasteiger charge is 2.58. The molecular formula is C32H42O2. The monoisotopic (exact) mass is 458 g/mol.